The summed E-state index contributed by atoms with van der Waals surface area (Å²) >= 11 is 0. The lowest BCUT2D eigenvalue weighted by Crippen LogP contribution is -2.43. The van der Waals surface area contributed by atoms with Crippen LogP contribution in [0.25, 0.3) is 0 Å². The second-order valence-electron chi connectivity index (χ2n) is 5.22. The first-order valence-electron chi connectivity index (χ1n) is 6.17. The molecule has 1 aromatic carbocycles. The summed E-state index contributed by atoms with van der Waals surface area (Å²) in [7, 11) is 0. The Hall–Kier alpha value is -1.02. The van der Waals surface area contributed by atoms with Crippen LogP contribution in [0.5, 0.6) is 5.75 Å². The summed E-state index contributed by atoms with van der Waals surface area (Å²) in [5.41, 5.74) is 0.848. The molecule has 2 aliphatic rings. The quantitative estimate of drug-likeness (QED) is 0.725. The average Bonchev–Trinajstić information content (AvgIpc) is 2.60. The number of aliphatic hydroxyl groups excluding tert-OH is 1. The molecular formula is C14H18O2. The molecule has 1 aromatic rings. The van der Waals surface area contributed by atoms with Crippen LogP contribution in [0.1, 0.15) is 44.3 Å². The molecule has 0 bridgehead atoms. The van der Waals surface area contributed by atoms with Crippen LogP contribution in [-0.2, 0) is 0 Å². The van der Waals surface area contributed by atoms with Crippen molar-refractivity contribution in [3.63, 3.8) is 0 Å². The first-order valence-corrected chi connectivity index (χ1v) is 6.17. The summed E-state index contributed by atoms with van der Waals surface area (Å²) in [5, 5.41) is 10.2. The van der Waals surface area contributed by atoms with Crippen molar-refractivity contribution in [1.82, 2.24) is 0 Å². The summed E-state index contributed by atoms with van der Waals surface area (Å²) < 4.78 is 6.20. The Labute approximate surface area is 96.2 Å². The van der Waals surface area contributed by atoms with Crippen molar-refractivity contribution in [2.45, 2.75) is 44.3 Å². The highest BCUT2D eigenvalue weighted by Crippen LogP contribution is 2.49. The van der Waals surface area contributed by atoms with Gasteiger partial charge in [0.05, 0.1) is 6.10 Å². The van der Waals surface area contributed by atoms with Crippen LogP contribution < -0.4 is 4.74 Å². The predicted octanol–water partition coefficient (Wildman–Crippen LogP) is 3.06. The number of rotatable bonds is 0. The molecule has 16 heavy (non-hydrogen) atoms. The Morgan fingerprint density at radius 2 is 2.19 bits per heavy atom. The Bertz CT molecular complexity index is 401. The molecule has 1 N–H and O–H groups in total. The van der Waals surface area contributed by atoms with Gasteiger partial charge in [-0.2, -0.15) is 0 Å². The maximum Gasteiger partial charge on any atom is 0.125 e. The first-order chi connectivity index (χ1) is 7.71. The van der Waals surface area contributed by atoms with Crippen molar-refractivity contribution < 1.29 is 9.84 Å². The lowest BCUT2D eigenvalue weighted by atomic mass is 9.82. The summed E-state index contributed by atoms with van der Waals surface area (Å²) in [6, 6.07) is 7.88. The maximum absolute atomic E-state index is 10.2. The van der Waals surface area contributed by atoms with E-state index in [1.54, 1.807) is 0 Å². The minimum atomic E-state index is -0.356. The van der Waals surface area contributed by atoms with Crippen LogP contribution in [0.3, 0.4) is 0 Å². The molecule has 0 aromatic heterocycles. The van der Waals surface area contributed by atoms with Gasteiger partial charge in [0.1, 0.15) is 11.4 Å². The third kappa shape index (κ3) is 1.36. The van der Waals surface area contributed by atoms with E-state index in [0.717, 1.165) is 24.2 Å². The standard InChI is InChI=1S/C14H18O2/c1-10-5-4-8-14(10)9-12(15)11-6-2-3-7-13(11)16-14/h2-3,6-7,10,12,15H,4-5,8-9H2,1H3/t10?,12-,14?/m0/s1. The molecule has 2 heteroatoms. The van der Waals surface area contributed by atoms with Crippen LogP contribution in [0.15, 0.2) is 24.3 Å². The maximum atomic E-state index is 10.2. The van der Waals surface area contributed by atoms with Crippen LogP contribution in [0.4, 0.5) is 0 Å². The second kappa shape index (κ2) is 3.49. The fourth-order valence-corrected chi connectivity index (χ4v) is 3.22. The lowest BCUT2D eigenvalue weighted by molar-refractivity contribution is -0.0355. The molecule has 3 rings (SSSR count). The number of hydrogen-bond acceptors (Lipinski definition) is 2. The van der Waals surface area contributed by atoms with Crippen molar-refractivity contribution >= 4 is 0 Å². The summed E-state index contributed by atoms with van der Waals surface area (Å²) in [6.45, 7) is 2.24. The third-order valence-corrected chi connectivity index (χ3v) is 4.27. The first kappa shape index (κ1) is 10.2. The lowest BCUT2D eigenvalue weighted by Gasteiger charge is -2.41. The Morgan fingerprint density at radius 1 is 1.38 bits per heavy atom. The molecule has 1 aliphatic carbocycles. The van der Waals surface area contributed by atoms with E-state index in [-0.39, 0.29) is 11.7 Å². The molecule has 0 saturated heterocycles. The fraction of sp³-hybridized carbons (Fsp3) is 0.571. The van der Waals surface area contributed by atoms with Crippen LogP contribution in [-0.4, -0.2) is 10.7 Å². The highest BCUT2D eigenvalue weighted by molar-refractivity contribution is 5.38. The predicted molar refractivity (Wildman–Crippen MR) is 62.4 cm³/mol. The SMILES string of the molecule is CC1CCCC12C[C@H](O)c1ccccc1O2. The van der Waals surface area contributed by atoms with Crippen molar-refractivity contribution in [3.05, 3.63) is 29.8 Å². The van der Waals surface area contributed by atoms with Crippen molar-refractivity contribution in [2.75, 3.05) is 0 Å². The summed E-state index contributed by atoms with van der Waals surface area (Å²) in [4.78, 5) is 0. The molecule has 86 valence electrons. The number of aliphatic hydroxyl groups is 1. The van der Waals surface area contributed by atoms with Gasteiger partial charge in [0.15, 0.2) is 0 Å². The molecule has 3 atom stereocenters. The van der Waals surface area contributed by atoms with E-state index >= 15 is 0 Å². The molecule has 1 spiro atoms. The van der Waals surface area contributed by atoms with Crippen LogP contribution in [0, 0.1) is 5.92 Å². The molecule has 1 saturated carbocycles. The topological polar surface area (TPSA) is 29.5 Å². The Balaban J connectivity index is 2.00. The van der Waals surface area contributed by atoms with Gasteiger partial charge in [0, 0.05) is 12.0 Å². The van der Waals surface area contributed by atoms with E-state index in [1.165, 1.54) is 12.8 Å². The summed E-state index contributed by atoms with van der Waals surface area (Å²) in [5.74, 6) is 1.44. The van der Waals surface area contributed by atoms with E-state index in [1.807, 2.05) is 24.3 Å². The average molecular weight is 218 g/mol. The molecule has 1 aliphatic heterocycles. The zero-order valence-electron chi connectivity index (χ0n) is 9.65. The van der Waals surface area contributed by atoms with Gasteiger partial charge >= 0.3 is 0 Å². The molecule has 1 fully saturated rings. The van der Waals surface area contributed by atoms with Gasteiger partial charge in [-0.05, 0) is 31.2 Å². The van der Waals surface area contributed by atoms with E-state index in [9.17, 15) is 5.11 Å². The number of hydrogen-bond donors (Lipinski definition) is 1. The van der Waals surface area contributed by atoms with Crippen molar-refractivity contribution in [1.29, 1.82) is 0 Å². The zero-order chi connectivity index (χ0) is 11.2. The third-order valence-electron chi connectivity index (χ3n) is 4.27. The summed E-state index contributed by atoms with van der Waals surface area (Å²) in [6.07, 6.45) is 3.92. The second-order valence-corrected chi connectivity index (χ2v) is 5.22. The van der Waals surface area contributed by atoms with Gasteiger partial charge in [-0.25, -0.2) is 0 Å². The van der Waals surface area contributed by atoms with Gasteiger partial charge in [-0.1, -0.05) is 25.1 Å². The molecule has 2 unspecified atom stereocenters. The fourth-order valence-electron chi connectivity index (χ4n) is 3.22. The monoisotopic (exact) mass is 218 g/mol. The van der Waals surface area contributed by atoms with Gasteiger partial charge in [0.2, 0.25) is 0 Å². The molecule has 2 nitrogen and oxygen atoms in total. The van der Waals surface area contributed by atoms with Crippen LogP contribution >= 0.6 is 0 Å². The minimum absolute atomic E-state index is 0.103. The molecule has 0 radical (unpaired) electrons. The van der Waals surface area contributed by atoms with E-state index in [0.29, 0.717) is 5.92 Å². The Morgan fingerprint density at radius 3 is 2.94 bits per heavy atom. The van der Waals surface area contributed by atoms with Gasteiger partial charge in [-0.15, -0.1) is 0 Å². The number of para-hydroxylation sites is 1. The molecule has 0 amide bonds. The van der Waals surface area contributed by atoms with Crippen molar-refractivity contribution in [2.24, 2.45) is 5.92 Å². The normalized spacial score (nSPS) is 37.1. The largest absolute Gasteiger partial charge is 0.487 e. The van der Waals surface area contributed by atoms with Gasteiger partial charge in [0.25, 0.3) is 0 Å². The molecular weight excluding hydrogens is 200 g/mol. The van der Waals surface area contributed by atoms with E-state index in [4.69, 9.17) is 4.74 Å². The highest BCUT2D eigenvalue weighted by Gasteiger charge is 2.47. The van der Waals surface area contributed by atoms with Crippen LogP contribution in [0.2, 0.25) is 0 Å². The van der Waals surface area contributed by atoms with Crippen molar-refractivity contribution in [3.8, 4) is 5.75 Å². The smallest absolute Gasteiger partial charge is 0.125 e. The molecule has 1 heterocycles. The number of benzene rings is 1. The number of fused-ring (bicyclic) bond motifs is 1. The van der Waals surface area contributed by atoms with Gasteiger partial charge in [-0.3, -0.25) is 0 Å². The van der Waals surface area contributed by atoms with E-state index < -0.39 is 0 Å². The Kier molecular flexibility index (Phi) is 2.21. The van der Waals surface area contributed by atoms with Gasteiger partial charge < -0.3 is 9.84 Å². The highest BCUT2D eigenvalue weighted by atomic mass is 16.5. The minimum Gasteiger partial charge on any atom is -0.487 e. The zero-order valence-corrected chi connectivity index (χ0v) is 9.65. The number of ether oxygens (including phenoxy) is 1. The van der Waals surface area contributed by atoms with E-state index in [2.05, 4.69) is 6.92 Å².